The molecular weight excluding hydrogens is 272 g/mol. The first-order valence-electron chi connectivity index (χ1n) is 7.45. The molecule has 0 spiro atoms. The molecule has 3 nitrogen and oxygen atoms in total. The molecule has 1 heterocycles. The Balaban J connectivity index is 1.77. The van der Waals surface area contributed by atoms with Gasteiger partial charge < -0.3 is 5.32 Å². The van der Waals surface area contributed by atoms with E-state index >= 15 is 0 Å². The van der Waals surface area contributed by atoms with E-state index in [-0.39, 0.29) is 5.91 Å². The van der Waals surface area contributed by atoms with Gasteiger partial charge >= 0.3 is 0 Å². The Bertz CT molecular complexity index is 413. The molecule has 20 heavy (non-hydrogen) atoms. The minimum atomic E-state index is 0.0717. The summed E-state index contributed by atoms with van der Waals surface area (Å²) in [5.41, 5.74) is 2.19. The minimum absolute atomic E-state index is 0.0717. The van der Waals surface area contributed by atoms with Gasteiger partial charge in [0.2, 0.25) is 5.91 Å². The molecule has 2 rings (SSSR count). The van der Waals surface area contributed by atoms with E-state index < -0.39 is 0 Å². The molecule has 1 amide bonds. The lowest BCUT2D eigenvalue weighted by atomic mass is 10.2. The van der Waals surface area contributed by atoms with Gasteiger partial charge in [0.05, 0.1) is 0 Å². The second-order valence-electron chi connectivity index (χ2n) is 5.37. The van der Waals surface area contributed by atoms with Crippen LogP contribution in [-0.2, 0) is 11.3 Å². The van der Waals surface area contributed by atoms with Crippen LogP contribution in [0, 0.1) is 0 Å². The van der Waals surface area contributed by atoms with Crippen molar-refractivity contribution in [3.8, 4) is 0 Å². The quantitative estimate of drug-likeness (QED) is 0.615. The highest BCUT2D eigenvalue weighted by Crippen LogP contribution is 2.15. The van der Waals surface area contributed by atoms with Crippen molar-refractivity contribution in [3.05, 3.63) is 29.8 Å². The van der Waals surface area contributed by atoms with Crippen LogP contribution in [0.15, 0.2) is 24.3 Å². The van der Waals surface area contributed by atoms with Crippen LogP contribution in [0.4, 0.5) is 5.69 Å². The Hall–Kier alpha value is -1.06. The smallest absolute Gasteiger partial charge is 0.224 e. The van der Waals surface area contributed by atoms with Crippen molar-refractivity contribution in [2.24, 2.45) is 0 Å². The van der Waals surface area contributed by atoms with Crippen LogP contribution < -0.4 is 5.32 Å². The van der Waals surface area contributed by atoms with Gasteiger partial charge in [-0.05, 0) is 56.5 Å². The zero-order valence-corrected chi connectivity index (χ0v) is 12.7. The van der Waals surface area contributed by atoms with E-state index in [0.717, 1.165) is 25.1 Å². The van der Waals surface area contributed by atoms with Gasteiger partial charge in [0, 0.05) is 24.5 Å². The fraction of sp³-hybridized carbons (Fsp3) is 0.562. The van der Waals surface area contributed by atoms with E-state index in [0.29, 0.717) is 12.3 Å². The van der Waals surface area contributed by atoms with Crippen LogP contribution in [0.3, 0.4) is 0 Å². The molecular formula is C16H23ClN2O. The Morgan fingerprint density at radius 3 is 2.50 bits per heavy atom. The number of unbranched alkanes of at least 4 members (excludes halogenated alkanes) is 1. The molecule has 0 radical (unpaired) electrons. The number of amides is 1. The number of anilines is 1. The van der Waals surface area contributed by atoms with E-state index in [1.807, 2.05) is 12.1 Å². The molecule has 1 aliphatic rings. The third-order valence-corrected chi connectivity index (χ3v) is 3.90. The second kappa shape index (κ2) is 8.28. The standard InChI is InChI=1S/C16H23ClN2O/c17-10-2-1-5-16(20)18-15-8-6-14(7-9-15)13-19-11-3-4-12-19/h6-9H,1-5,10-13H2,(H,18,20). The molecule has 0 aromatic heterocycles. The van der Waals surface area contributed by atoms with Crippen molar-refractivity contribution in [2.75, 3.05) is 24.3 Å². The maximum atomic E-state index is 11.7. The molecule has 0 saturated carbocycles. The highest BCUT2D eigenvalue weighted by molar-refractivity contribution is 6.17. The Morgan fingerprint density at radius 2 is 1.85 bits per heavy atom. The van der Waals surface area contributed by atoms with Gasteiger partial charge in [0.25, 0.3) is 0 Å². The molecule has 1 fully saturated rings. The van der Waals surface area contributed by atoms with Crippen LogP contribution in [0.2, 0.25) is 0 Å². The van der Waals surface area contributed by atoms with Gasteiger partial charge in [-0.2, -0.15) is 0 Å². The lowest BCUT2D eigenvalue weighted by Gasteiger charge is -2.14. The van der Waals surface area contributed by atoms with Gasteiger partial charge in [-0.25, -0.2) is 0 Å². The predicted octanol–water partition coefficient (Wildman–Crippen LogP) is 3.63. The number of hydrogen-bond acceptors (Lipinski definition) is 2. The SMILES string of the molecule is O=C(CCCCCl)Nc1ccc(CN2CCCC2)cc1. The Morgan fingerprint density at radius 1 is 1.15 bits per heavy atom. The number of rotatable bonds is 7. The van der Waals surface area contributed by atoms with E-state index in [2.05, 4.69) is 22.3 Å². The summed E-state index contributed by atoms with van der Waals surface area (Å²) in [4.78, 5) is 14.2. The zero-order chi connectivity index (χ0) is 14.2. The average molecular weight is 295 g/mol. The molecule has 0 atom stereocenters. The molecule has 4 heteroatoms. The van der Waals surface area contributed by atoms with Gasteiger partial charge in [0.15, 0.2) is 0 Å². The second-order valence-corrected chi connectivity index (χ2v) is 5.75. The zero-order valence-electron chi connectivity index (χ0n) is 11.9. The number of nitrogens with zero attached hydrogens (tertiary/aromatic N) is 1. The number of benzene rings is 1. The average Bonchev–Trinajstić information content (AvgIpc) is 2.94. The number of likely N-dealkylation sites (tertiary alicyclic amines) is 1. The van der Waals surface area contributed by atoms with Crippen LogP contribution >= 0.6 is 11.6 Å². The maximum absolute atomic E-state index is 11.7. The van der Waals surface area contributed by atoms with Crippen molar-refractivity contribution in [1.29, 1.82) is 0 Å². The highest BCUT2D eigenvalue weighted by Gasteiger charge is 2.11. The van der Waals surface area contributed by atoms with Crippen molar-refractivity contribution in [1.82, 2.24) is 4.90 Å². The molecule has 0 aliphatic carbocycles. The van der Waals surface area contributed by atoms with Crippen molar-refractivity contribution in [3.63, 3.8) is 0 Å². The summed E-state index contributed by atoms with van der Waals surface area (Å²) in [5.74, 6) is 0.695. The normalized spacial score (nSPS) is 15.4. The van der Waals surface area contributed by atoms with Crippen LogP contribution in [0.5, 0.6) is 0 Å². The van der Waals surface area contributed by atoms with Crippen LogP contribution in [-0.4, -0.2) is 29.8 Å². The summed E-state index contributed by atoms with van der Waals surface area (Å²) in [6, 6.07) is 8.19. The maximum Gasteiger partial charge on any atom is 0.224 e. The van der Waals surface area contributed by atoms with Gasteiger partial charge in [-0.15, -0.1) is 11.6 Å². The minimum Gasteiger partial charge on any atom is -0.326 e. The Labute approximate surface area is 126 Å². The van der Waals surface area contributed by atoms with Crippen molar-refractivity contribution in [2.45, 2.75) is 38.6 Å². The monoisotopic (exact) mass is 294 g/mol. The number of nitrogens with one attached hydrogen (secondary N) is 1. The highest BCUT2D eigenvalue weighted by atomic mass is 35.5. The van der Waals surface area contributed by atoms with Crippen LogP contribution in [0.1, 0.15) is 37.7 Å². The number of hydrogen-bond donors (Lipinski definition) is 1. The van der Waals surface area contributed by atoms with Crippen molar-refractivity contribution < 1.29 is 4.79 Å². The van der Waals surface area contributed by atoms with Gasteiger partial charge in [-0.1, -0.05) is 12.1 Å². The lowest BCUT2D eigenvalue weighted by molar-refractivity contribution is -0.116. The van der Waals surface area contributed by atoms with Gasteiger partial charge in [0.1, 0.15) is 0 Å². The first kappa shape index (κ1) is 15.3. The number of carbonyl (C=O) groups excluding carboxylic acids is 1. The van der Waals surface area contributed by atoms with Crippen molar-refractivity contribution >= 4 is 23.2 Å². The first-order valence-corrected chi connectivity index (χ1v) is 7.98. The summed E-state index contributed by atoms with van der Waals surface area (Å²) < 4.78 is 0. The summed E-state index contributed by atoms with van der Waals surface area (Å²) in [7, 11) is 0. The number of halogens is 1. The molecule has 0 unspecified atom stereocenters. The fourth-order valence-electron chi connectivity index (χ4n) is 2.50. The molecule has 1 N–H and O–H groups in total. The van der Waals surface area contributed by atoms with E-state index in [4.69, 9.17) is 11.6 Å². The third kappa shape index (κ3) is 5.14. The third-order valence-electron chi connectivity index (χ3n) is 3.63. The summed E-state index contributed by atoms with van der Waals surface area (Å²) in [6.07, 6.45) is 4.92. The molecule has 1 aromatic carbocycles. The van der Waals surface area contributed by atoms with E-state index in [9.17, 15) is 4.79 Å². The number of carbonyl (C=O) groups is 1. The Kier molecular flexibility index (Phi) is 6.34. The first-order chi connectivity index (χ1) is 9.78. The summed E-state index contributed by atoms with van der Waals surface area (Å²) >= 11 is 5.60. The predicted molar refractivity (Wildman–Crippen MR) is 84.2 cm³/mol. The molecule has 110 valence electrons. The summed E-state index contributed by atoms with van der Waals surface area (Å²) in [5, 5.41) is 2.93. The molecule has 0 bridgehead atoms. The number of alkyl halides is 1. The topological polar surface area (TPSA) is 32.3 Å². The molecule has 1 aromatic rings. The summed E-state index contributed by atoms with van der Waals surface area (Å²) in [6.45, 7) is 3.43. The van der Waals surface area contributed by atoms with E-state index in [1.165, 1.54) is 31.5 Å². The van der Waals surface area contributed by atoms with Gasteiger partial charge in [-0.3, -0.25) is 9.69 Å². The fourth-order valence-corrected chi connectivity index (χ4v) is 2.68. The molecule has 1 saturated heterocycles. The molecule has 1 aliphatic heterocycles. The lowest BCUT2D eigenvalue weighted by Crippen LogP contribution is -2.18. The van der Waals surface area contributed by atoms with Crippen LogP contribution in [0.25, 0.3) is 0 Å². The largest absolute Gasteiger partial charge is 0.326 e. The van der Waals surface area contributed by atoms with E-state index in [1.54, 1.807) is 0 Å².